The molecule has 3 rings (SSSR count). The van der Waals surface area contributed by atoms with Gasteiger partial charge >= 0.3 is 0 Å². The van der Waals surface area contributed by atoms with Gasteiger partial charge in [-0.3, -0.25) is 0 Å². The maximum Gasteiger partial charge on any atom is 0.140 e. The van der Waals surface area contributed by atoms with Crippen LogP contribution < -0.4 is 4.74 Å². The Morgan fingerprint density at radius 3 is 2.38 bits per heavy atom. The first-order valence-corrected chi connectivity index (χ1v) is 7.52. The van der Waals surface area contributed by atoms with Crippen LogP contribution in [0.4, 0.5) is 0 Å². The molecule has 0 N–H and O–H groups in total. The van der Waals surface area contributed by atoms with E-state index in [9.17, 15) is 0 Å². The molecule has 112 valence electrons. The molecule has 1 aliphatic carbocycles. The van der Waals surface area contributed by atoms with Gasteiger partial charge in [0.15, 0.2) is 0 Å². The monoisotopic (exact) mass is 286 g/mol. The number of rotatable bonds is 4. The van der Waals surface area contributed by atoms with Gasteiger partial charge in [0.25, 0.3) is 0 Å². The normalized spacial score (nSPS) is 22.2. The fourth-order valence-corrected chi connectivity index (χ4v) is 3.13. The summed E-state index contributed by atoms with van der Waals surface area (Å²) in [5.41, 5.74) is 1.13. The lowest BCUT2D eigenvalue weighted by molar-refractivity contribution is 0.0586. The van der Waals surface area contributed by atoms with Crippen LogP contribution >= 0.6 is 0 Å². The summed E-state index contributed by atoms with van der Waals surface area (Å²) >= 11 is 0. The van der Waals surface area contributed by atoms with E-state index in [2.05, 4.69) is 27.9 Å². The van der Waals surface area contributed by atoms with E-state index in [1.54, 1.807) is 7.11 Å². The number of imidazole rings is 1. The van der Waals surface area contributed by atoms with Crippen LogP contribution in [0.5, 0.6) is 5.75 Å². The maximum atomic E-state index is 5.46. The summed E-state index contributed by atoms with van der Waals surface area (Å²) < 4.78 is 13.0. The summed E-state index contributed by atoms with van der Waals surface area (Å²) in [6, 6.07) is 8.62. The topological polar surface area (TPSA) is 36.3 Å². The third kappa shape index (κ3) is 2.95. The maximum absolute atomic E-state index is 5.46. The van der Waals surface area contributed by atoms with Crippen LogP contribution in [-0.2, 0) is 4.74 Å². The lowest BCUT2D eigenvalue weighted by Crippen LogP contribution is -2.22. The molecule has 0 spiro atoms. The van der Waals surface area contributed by atoms with E-state index >= 15 is 0 Å². The first-order valence-electron chi connectivity index (χ1n) is 7.52. The summed E-state index contributed by atoms with van der Waals surface area (Å²) in [6.45, 7) is 0. The largest absolute Gasteiger partial charge is 0.497 e. The molecular formula is C17H22N2O2. The summed E-state index contributed by atoms with van der Waals surface area (Å²) in [5, 5.41) is 0. The fourth-order valence-electron chi connectivity index (χ4n) is 3.13. The van der Waals surface area contributed by atoms with Crippen molar-refractivity contribution in [1.82, 2.24) is 9.55 Å². The van der Waals surface area contributed by atoms with Crippen molar-refractivity contribution in [3.63, 3.8) is 0 Å². The Bertz CT molecular complexity index is 569. The molecule has 0 amide bonds. The smallest absolute Gasteiger partial charge is 0.140 e. The van der Waals surface area contributed by atoms with Gasteiger partial charge in [0.05, 0.1) is 13.2 Å². The Labute approximate surface area is 125 Å². The van der Waals surface area contributed by atoms with E-state index in [1.165, 1.54) is 0 Å². The Kier molecular flexibility index (Phi) is 4.25. The molecule has 1 heterocycles. The van der Waals surface area contributed by atoms with E-state index in [0.29, 0.717) is 12.1 Å². The van der Waals surface area contributed by atoms with E-state index < -0.39 is 0 Å². The molecule has 0 saturated heterocycles. The number of hydrogen-bond donors (Lipinski definition) is 0. The van der Waals surface area contributed by atoms with Crippen LogP contribution in [0.2, 0.25) is 0 Å². The molecule has 2 aromatic rings. The van der Waals surface area contributed by atoms with Crippen molar-refractivity contribution in [2.75, 3.05) is 14.2 Å². The Morgan fingerprint density at radius 1 is 1.05 bits per heavy atom. The third-order valence-electron chi connectivity index (χ3n) is 4.39. The summed E-state index contributed by atoms with van der Waals surface area (Å²) in [4.78, 5) is 4.55. The lowest BCUT2D eigenvalue weighted by atomic mass is 9.92. The Morgan fingerprint density at radius 2 is 1.76 bits per heavy atom. The number of aromatic nitrogens is 2. The van der Waals surface area contributed by atoms with Gasteiger partial charge in [0, 0.05) is 31.1 Å². The van der Waals surface area contributed by atoms with E-state index in [0.717, 1.165) is 42.8 Å². The van der Waals surface area contributed by atoms with Crippen molar-refractivity contribution in [3.8, 4) is 17.1 Å². The Hall–Kier alpha value is -1.81. The number of ether oxygens (including phenoxy) is 2. The predicted molar refractivity (Wildman–Crippen MR) is 82.5 cm³/mol. The van der Waals surface area contributed by atoms with Crippen molar-refractivity contribution in [3.05, 3.63) is 36.7 Å². The highest BCUT2D eigenvalue weighted by molar-refractivity contribution is 5.57. The molecular weight excluding hydrogens is 264 g/mol. The second-order valence-corrected chi connectivity index (χ2v) is 5.55. The number of methoxy groups -OCH3 is 2. The van der Waals surface area contributed by atoms with Crippen LogP contribution in [0.1, 0.15) is 31.7 Å². The minimum Gasteiger partial charge on any atom is -0.497 e. The van der Waals surface area contributed by atoms with Gasteiger partial charge in [-0.1, -0.05) is 0 Å². The van der Waals surface area contributed by atoms with E-state index in [4.69, 9.17) is 9.47 Å². The van der Waals surface area contributed by atoms with Crippen LogP contribution in [-0.4, -0.2) is 29.9 Å². The molecule has 1 aromatic carbocycles. The van der Waals surface area contributed by atoms with Crippen molar-refractivity contribution < 1.29 is 9.47 Å². The van der Waals surface area contributed by atoms with Crippen LogP contribution in [0.15, 0.2) is 36.7 Å². The van der Waals surface area contributed by atoms with Crippen LogP contribution in [0.25, 0.3) is 11.4 Å². The highest BCUT2D eigenvalue weighted by atomic mass is 16.5. The highest BCUT2D eigenvalue weighted by Crippen LogP contribution is 2.33. The van der Waals surface area contributed by atoms with Crippen molar-refractivity contribution in [2.24, 2.45) is 0 Å². The van der Waals surface area contributed by atoms with Gasteiger partial charge < -0.3 is 14.0 Å². The van der Waals surface area contributed by atoms with Crippen molar-refractivity contribution >= 4 is 0 Å². The minimum atomic E-state index is 0.425. The third-order valence-corrected chi connectivity index (χ3v) is 4.39. The molecule has 1 aromatic heterocycles. The van der Waals surface area contributed by atoms with Gasteiger partial charge in [0.1, 0.15) is 11.6 Å². The molecule has 1 fully saturated rings. The summed E-state index contributed by atoms with van der Waals surface area (Å²) in [6.07, 6.45) is 8.97. The second kappa shape index (κ2) is 6.31. The van der Waals surface area contributed by atoms with E-state index in [1.807, 2.05) is 25.4 Å². The SMILES string of the molecule is COc1ccc(-c2nccn2C2CCC(OC)CC2)cc1. The molecule has 4 heteroatoms. The van der Waals surface area contributed by atoms with Gasteiger partial charge in [-0.15, -0.1) is 0 Å². The molecule has 0 atom stereocenters. The van der Waals surface area contributed by atoms with Gasteiger partial charge in [0.2, 0.25) is 0 Å². The zero-order valence-electron chi connectivity index (χ0n) is 12.7. The van der Waals surface area contributed by atoms with Crippen LogP contribution in [0, 0.1) is 0 Å². The summed E-state index contributed by atoms with van der Waals surface area (Å²) in [5.74, 6) is 1.91. The average molecular weight is 286 g/mol. The zero-order chi connectivity index (χ0) is 14.7. The molecule has 4 nitrogen and oxygen atoms in total. The van der Waals surface area contributed by atoms with Crippen molar-refractivity contribution in [2.45, 2.75) is 37.8 Å². The first-order chi connectivity index (χ1) is 10.3. The van der Waals surface area contributed by atoms with Gasteiger partial charge in [-0.05, 0) is 49.9 Å². The number of benzene rings is 1. The Balaban J connectivity index is 1.80. The molecule has 0 radical (unpaired) electrons. The minimum absolute atomic E-state index is 0.425. The molecule has 0 bridgehead atoms. The van der Waals surface area contributed by atoms with Gasteiger partial charge in [-0.2, -0.15) is 0 Å². The molecule has 21 heavy (non-hydrogen) atoms. The molecule has 1 aliphatic rings. The zero-order valence-corrected chi connectivity index (χ0v) is 12.7. The van der Waals surface area contributed by atoms with E-state index in [-0.39, 0.29) is 0 Å². The fraction of sp³-hybridized carbons (Fsp3) is 0.471. The van der Waals surface area contributed by atoms with Crippen molar-refractivity contribution in [1.29, 1.82) is 0 Å². The number of nitrogens with zero attached hydrogens (tertiary/aromatic N) is 2. The first kappa shape index (κ1) is 14.1. The molecule has 0 unspecified atom stereocenters. The molecule has 1 saturated carbocycles. The average Bonchev–Trinajstić information content (AvgIpc) is 3.04. The lowest BCUT2D eigenvalue weighted by Gasteiger charge is -2.29. The van der Waals surface area contributed by atoms with Gasteiger partial charge in [-0.25, -0.2) is 4.98 Å². The second-order valence-electron chi connectivity index (χ2n) is 5.55. The highest BCUT2D eigenvalue weighted by Gasteiger charge is 2.23. The van der Waals surface area contributed by atoms with Crippen LogP contribution in [0.3, 0.4) is 0 Å². The summed E-state index contributed by atoms with van der Waals surface area (Å²) in [7, 11) is 3.50. The predicted octanol–water partition coefficient (Wildman–Crippen LogP) is 3.69. The standard InChI is InChI=1S/C17H22N2O2/c1-20-15-7-3-13(4-8-15)17-18-11-12-19(17)14-5-9-16(21-2)10-6-14/h3-4,7-8,11-12,14,16H,5-6,9-10H2,1-2H3. The molecule has 0 aliphatic heterocycles. The quantitative estimate of drug-likeness (QED) is 0.860. The number of hydrogen-bond acceptors (Lipinski definition) is 3.